The van der Waals surface area contributed by atoms with Crippen LogP contribution in [0.2, 0.25) is 0 Å². The minimum absolute atomic E-state index is 0.00406. The Morgan fingerprint density at radius 3 is 2.26 bits per heavy atom. The first-order valence-electron chi connectivity index (χ1n) is 38.8. The fourth-order valence-corrected chi connectivity index (χ4v) is 20.4. The lowest BCUT2D eigenvalue weighted by Gasteiger charge is -2.69. The molecule has 14 rings (SSSR count). The molecular formula is C81H97N11O22S2. The fourth-order valence-electron chi connectivity index (χ4n) is 19.2. The number of benzene rings is 3. The maximum absolute atomic E-state index is 14.1. The predicted molar refractivity (Wildman–Crippen MR) is 418 cm³/mol. The summed E-state index contributed by atoms with van der Waals surface area (Å²) >= 11 is 1.39. The van der Waals surface area contributed by atoms with E-state index in [4.69, 9.17) is 29.0 Å². The zero-order valence-electron chi connectivity index (χ0n) is 65.4. The summed E-state index contributed by atoms with van der Waals surface area (Å²) < 4.78 is 58.8. The smallest absolute Gasteiger partial charge is 0.409 e. The van der Waals surface area contributed by atoms with Crippen molar-refractivity contribution in [3.63, 3.8) is 0 Å². The van der Waals surface area contributed by atoms with Crippen LogP contribution >= 0.6 is 11.3 Å². The van der Waals surface area contributed by atoms with Crippen molar-refractivity contribution < 1.29 is 105 Å². The highest BCUT2D eigenvalue weighted by molar-refractivity contribution is 7.85. The van der Waals surface area contributed by atoms with Crippen molar-refractivity contribution in [3.8, 4) is 11.1 Å². The highest BCUT2D eigenvalue weighted by Crippen LogP contribution is 2.72. The van der Waals surface area contributed by atoms with E-state index in [-0.39, 0.29) is 79.9 Å². The Morgan fingerprint density at radius 1 is 0.828 bits per heavy atom. The first-order chi connectivity index (χ1) is 54.9. The monoisotopic (exact) mass is 1640 g/mol. The summed E-state index contributed by atoms with van der Waals surface area (Å²) in [5.74, 6) is -8.36. The quantitative estimate of drug-likeness (QED) is 0.0149. The molecule has 116 heavy (non-hydrogen) atoms. The number of aliphatic carboxylic acids is 1. The van der Waals surface area contributed by atoms with Crippen LogP contribution in [0.5, 0.6) is 0 Å². The Morgan fingerprint density at radius 2 is 1.56 bits per heavy atom. The van der Waals surface area contributed by atoms with Crippen LogP contribution in [0.4, 0.5) is 15.7 Å². The Balaban J connectivity index is 0.636. The van der Waals surface area contributed by atoms with E-state index in [1.54, 1.807) is 57.4 Å². The Kier molecular flexibility index (Phi) is 24.3. The average Bonchev–Trinajstić information content (AvgIpc) is 0.746. The summed E-state index contributed by atoms with van der Waals surface area (Å²) in [5, 5.41) is 66.4. The average molecular weight is 1640 g/mol. The number of ether oxygens (including phenoxy) is 4. The molecule has 4 aliphatic heterocycles. The summed E-state index contributed by atoms with van der Waals surface area (Å²) in [6.45, 7) is 11.2. The minimum Gasteiger partial charge on any atom is -0.479 e. The normalized spacial score (nSPS) is 26.0. The maximum Gasteiger partial charge on any atom is 0.409 e. The number of carbonyl (C=O) groups excluding carboxylic acids is 8. The number of imide groups is 1. The number of rotatable bonds is 32. The molecule has 2 unspecified atom stereocenters. The van der Waals surface area contributed by atoms with Crippen LogP contribution < -0.4 is 20.9 Å². The number of pyridine rings is 1. The van der Waals surface area contributed by atoms with Gasteiger partial charge in [0.05, 0.1) is 72.3 Å². The first-order valence-corrected chi connectivity index (χ1v) is 41.2. The molecule has 4 bridgehead atoms. The lowest BCUT2D eigenvalue weighted by atomic mass is 9.39. The van der Waals surface area contributed by atoms with Gasteiger partial charge in [-0.1, -0.05) is 81.5 Å². The molecule has 11 atom stereocenters. The van der Waals surface area contributed by atoms with Crippen LogP contribution in [-0.2, 0) is 102 Å². The Bertz CT molecular complexity index is 4960. The number of amides is 7. The number of aryl methyl sites for hydroxylation is 1. The summed E-state index contributed by atoms with van der Waals surface area (Å²) in [5.41, 5.74) is 5.26. The van der Waals surface area contributed by atoms with Crippen molar-refractivity contribution in [1.82, 2.24) is 45.1 Å². The molecule has 6 aromatic rings. The van der Waals surface area contributed by atoms with Crippen molar-refractivity contribution in [2.45, 2.75) is 192 Å². The lowest BCUT2D eigenvalue weighted by molar-refractivity contribution is -0.248. The number of ketones is 1. The number of nitrogens with zero attached hydrogens (tertiary/aromatic N) is 8. The van der Waals surface area contributed by atoms with Crippen molar-refractivity contribution in [3.05, 3.63) is 136 Å². The number of likely N-dealkylation sites (N-methyl/N-ethyl adjacent to an activating group) is 1. The molecule has 4 saturated carbocycles. The molecule has 620 valence electrons. The number of para-hydroxylation sites is 1. The van der Waals surface area contributed by atoms with E-state index in [1.165, 1.54) is 23.2 Å². The molecule has 35 heteroatoms. The number of fused-ring (bicyclic) bond motifs is 2. The SMILES string of the molecule is Cc1c(-c2ccc(N3CCc4cccc(C(=O)Nc5nc6ccccc6s5)c4C3)nc2C(=O)O)cnn1CC12CC3(C)CC(C)(C1)CC(OCCN(C)C(=O)OCc1ccc(CC(=O)[C@H](C)NC(=O)[C@@H](NC(=O)CN4C(=O)[C@@H](N5C(=O)C=CC5=O)C[C@H]4COCCS(=O)(=O)O)C(C)C)cc1CC[C@@H]1O[C@H](C(=O)O)[C@@H](O)[C@H](O)[C@H]1O)(C3)C2. The van der Waals surface area contributed by atoms with Gasteiger partial charge in [-0.05, 0) is 152 Å². The highest BCUT2D eigenvalue weighted by atomic mass is 32.2. The standard InChI is InChI=1S/C81H97N11O22S2/c1-44(2)65(86-62(94)34-90-51(36-111-27-28-116(108,109)110)31-57(73(90)102)92-63(95)21-22-64(92)96)72(101)83-45(3)58(93)30-47-15-16-50(49(29-47)17-19-59-67(97)68(98)69(99)70(114-59)75(105)106)35-112-77(107)88(7)25-26-113-81-40-78(5)37-79(6,41-81)39-80(38-78,42-81)43-91-46(4)54(32-82-91)52-18-20-61(85-66(52)74(103)104)89-24-23-48-11-10-12-53(55(48)33-89)71(100)87-76-84-56-13-8-9-14-60(56)115-76/h8-16,18,20-22,29,32,44-45,51,57,59,65,67-70,97-99H,17,19,23-28,30-31,33-43H2,1-7H3,(H,83,101)(H,86,94)(H,103,104)(H,105,106)(H,84,87,100)(H,108,109,110)/t45-,51-,57-,59-,65-,67-,68+,69-,70-,78?,79?,80?,81?/m0/s1. The number of aromatic nitrogens is 4. The summed E-state index contributed by atoms with van der Waals surface area (Å²) in [6, 6.07) is 17.1. The maximum atomic E-state index is 14.1. The van der Waals surface area contributed by atoms with E-state index in [9.17, 15) is 86.4 Å². The number of carboxylic acids is 2. The number of hydrogen-bond acceptors (Lipinski definition) is 24. The van der Waals surface area contributed by atoms with Gasteiger partial charge in [-0.25, -0.2) is 24.4 Å². The number of thiazole rings is 1. The number of carboxylic acid groups (broad SMARTS) is 2. The number of likely N-dealkylation sites (tertiary alicyclic amines) is 1. The van der Waals surface area contributed by atoms with Crippen molar-refractivity contribution in [2.75, 3.05) is 62.5 Å². The van der Waals surface area contributed by atoms with Crippen LogP contribution in [0, 0.1) is 29.1 Å². The topological polar surface area (TPSA) is 456 Å². The van der Waals surface area contributed by atoms with E-state index in [0.717, 1.165) is 87.5 Å². The van der Waals surface area contributed by atoms with E-state index < -0.39 is 149 Å². The van der Waals surface area contributed by atoms with E-state index >= 15 is 0 Å². The molecule has 4 aliphatic carbocycles. The van der Waals surface area contributed by atoms with Gasteiger partial charge < -0.3 is 69.8 Å². The number of Topliss-reactive ketones (excluding diaryl/α,β-unsaturated/α-hetero) is 1. The van der Waals surface area contributed by atoms with Crippen molar-refractivity contribution in [1.29, 1.82) is 0 Å². The molecule has 7 amide bonds. The zero-order chi connectivity index (χ0) is 83.3. The zero-order valence-corrected chi connectivity index (χ0v) is 67.0. The first kappa shape index (κ1) is 83.9. The van der Waals surface area contributed by atoms with Crippen LogP contribution in [-0.4, -0.2) is 245 Å². The number of aromatic carboxylic acids is 1. The summed E-state index contributed by atoms with van der Waals surface area (Å²) in [4.78, 5) is 149. The van der Waals surface area contributed by atoms with Gasteiger partial charge in [0, 0.05) is 80.6 Å². The van der Waals surface area contributed by atoms with Crippen LogP contribution in [0.3, 0.4) is 0 Å². The van der Waals surface area contributed by atoms with Crippen LogP contribution in [0.1, 0.15) is 140 Å². The molecule has 0 spiro atoms. The van der Waals surface area contributed by atoms with Gasteiger partial charge in [-0.3, -0.25) is 53.0 Å². The number of aliphatic hydroxyl groups excluding tert-OH is 3. The predicted octanol–water partition coefficient (Wildman–Crippen LogP) is 5.20. The molecule has 7 heterocycles. The van der Waals surface area contributed by atoms with E-state index in [0.29, 0.717) is 70.4 Å². The third kappa shape index (κ3) is 18.2. The molecule has 9 N–H and O–H groups in total. The summed E-state index contributed by atoms with van der Waals surface area (Å²) in [7, 11) is -2.83. The minimum atomic E-state index is -4.42. The van der Waals surface area contributed by atoms with Gasteiger partial charge in [0.25, 0.3) is 27.8 Å². The lowest BCUT2D eigenvalue weighted by Crippen LogP contribution is -2.64. The number of hydrogen-bond donors (Lipinski definition) is 9. The Labute approximate surface area is 672 Å². The van der Waals surface area contributed by atoms with E-state index in [1.807, 2.05) is 59.0 Å². The second-order valence-corrected chi connectivity index (χ2v) is 35.8. The molecule has 3 aromatic carbocycles. The second-order valence-electron chi connectivity index (χ2n) is 33.2. The third-order valence-corrected chi connectivity index (χ3v) is 25.3. The number of nitrogens with one attached hydrogen (secondary N) is 3. The number of carbonyl (C=O) groups is 10. The van der Waals surface area contributed by atoms with Gasteiger partial charge in [0.2, 0.25) is 17.7 Å². The molecule has 6 fully saturated rings. The number of aliphatic hydroxyl groups is 3. The van der Waals surface area contributed by atoms with Gasteiger partial charge >= 0.3 is 18.0 Å². The molecule has 3 aromatic heterocycles. The Hall–Kier alpha value is -9.98. The van der Waals surface area contributed by atoms with E-state index in [2.05, 4.69) is 34.8 Å². The highest BCUT2D eigenvalue weighted by Gasteiger charge is 2.66. The fraction of sp³-hybridized carbons (Fsp3) is 0.519. The molecule has 0 radical (unpaired) electrons. The number of anilines is 2. The molecule has 8 aliphatic rings. The summed E-state index contributed by atoms with van der Waals surface area (Å²) in [6.07, 6.45) is -0.478. The second kappa shape index (κ2) is 33.6. The molecule has 33 nitrogen and oxygen atoms in total. The van der Waals surface area contributed by atoms with Crippen molar-refractivity contribution >= 4 is 102 Å². The van der Waals surface area contributed by atoms with Crippen LogP contribution in [0.25, 0.3) is 21.3 Å². The molecular weight excluding hydrogens is 1540 g/mol. The van der Waals surface area contributed by atoms with Gasteiger partial charge in [0.15, 0.2) is 22.7 Å². The molecule has 2 saturated heterocycles. The third-order valence-electron chi connectivity index (χ3n) is 23.6. The van der Waals surface area contributed by atoms with Gasteiger partial charge in [-0.15, -0.1) is 0 Å². The van der Waals surface area contributed by atoms with Crippen molar-refractivity contribution in [2.24, 2.45) is 22.2 Å². The van der Waals surface area contributed by atoms with Gasteiger partial charge in [-0.2, -0.15) is 13.5 Å². The largest absolute Gasteiger partial charge is 0.479 e. The van der Waals surface area contributed by atoms with Crippen LogP contribution in [0.15, 0.2) is 91.1 Å². The van der Waals surface area contributed by atoms with Gasteiger partial charge in [0.1, 0.15) is 42.8 Å².